The van der Waals surface area contributed by atoms with Crippen LogP contribution in [0.4, 0.5) is 0 Å². The lowest BCUT2D eigenvalue weighted by atomic mass is 10.2. The van der Waals surface area contributed by atoms with Crippen molar-refractivity contribution in [3.05, 3.63) is 23.8 Å². The third-order valence-electron chi connectivity index (χ3n) is 1.79. The lowest BCUT2D eigenvalue weighted by Crippen LogP contribution is -1.94. The number of nitrogens with zero attached hydrogens (tertiary/aromatic N) is 1. The van der Waals surface area contributed by atoms with Gasteiger partial charge in [-0.15, -0.1) is 0 Å². The average molecular weight is 193 g/mol. The third-order valence-corrected chi connectivity index (χ3v) is 1.79. The molecule has 0 aliphatic rings. The van der Waals surface area contributed by atoms with Crippen LogP contribution >= 0.6 is 0 Å². The van der Waals surface area contributed by atoms with Crippen molar-refractivity contribution in [2.45, 2.75) is 0 Å². The molecule has 2 rings (SSSR count). The van der Waals surface area contributed by atoms with Gasteiger partial charge in [0.2, 0.25) is 0 Å². The summed E-state index contributed by atoms with van der Waals surface area (Å²) in [5.41, 5.74) is 1.15. The summed E-state index contributed by atoms with van der Waals surface area (Å²) in [6.07, 6.45) is 0.127. The Kier molecular flexibility index (Phi) is 1.85. The molecule has 5 nitrogen and oxygen atoms in total. The van der Waals surface area contributed by atoms with Crippen molar-refractivity contribution in [2.24, 2.45) is 0 Å². The molecule has 0 aliphatic heterocycles. The lowest BCUT2D eigenvalue weighted by molar-refractivity contribution is 0.0697. The molecule has 0 atom stereocenters. The fraction of sp³-hybridized carbons (Fsp3) is 0.111. The van der Waals surface area contributed by atoms with Crippen LogP contribution in [0.15, 0.2) is 22.6 Å². The smallest absolute Gasteiger partial charge is 0.394 e. The van der Waals surface area contributed by atoms with Crippen LogP contribution in [0, 0.1) is 0 Å². The molecule has 5 heteroatoms. The van der Waals surface area contributed by atoms with Gasteiger partial charge in [0.05, 0.1) is 12.7 Å². The molecule has 1 heterocycles. The molecule has 0 amide bonds. The van der Waals surface area contributed by atoms with Gasteiger partial charge in [-0.05, 0) is 18.2 Å². The zero-order valence-electron chi connectivity index (χ0n) is 7.35. The predicted molar refractivity (Wildman–Crippen MR) is 47.5 cm³/mol. The van der Waals surface area contributed by atoms with E-state index in [-0.39, 0.29) is 11.6 Å². The second-order valence-corrected chi connectivity index (χ2v) is 2.67. The van der Waals surface area contributed by atoms with Crippen LogP contribution in [0.25, 0.3) is 11.1 Å². The Bertz CT molecular complexity index is 489. The van der Waals surface area contributed by atoms with Crippen LogP contribution < -0.4 is 4.74 Å². The van der Waals surface area contributed by atoms with Gasteiger partial charge >= 0.3 is 12.0 Å². The van der Waals surface area contributed by atoms with Crippen LogP contribution in [-0.2, 0) is 0 Å². The molecule has 0 saturated carbocycles. The zero-order valence-corrected chi connectivity index (χ0v) is 7.35. The van der Waals surface area contributed by atoms with Gasteiger partial charge in [0, 0.05) is 0 Å². The topological polar surface area (TPSA) is 72.6 Å². The molecular weight excluding hydrogens is 186 g/mol. The van der Waals surface area contributed by atoms with Crippen LogP contribution in [0.1, 0.15) is 10.4 Å². The van der Waals surface area contributed by atoms with E-state index in [4.69, 9.17) is 14.3 Å². The summed E-state index contributed by atoms with van der Waals surface area (Å²) in [5, 5.41) is 8.72. The molecular formula is C9H7NO4. The Morgan fingerprint density at radius 3 is 3.00 bits per heavy atom. The number of ether oxygens (including phenoxy) is 1. The predicted octanol–water partition coefficient (Wildman–Crippen LogP) is 1.53. The maximum absolute atomic E-state index is 10.6. The number of benzene rings is 1. The fourth-order valence-electron chi connectivity index (χ4n) is 1.13. The first-order chi connectivity index (χ1) is 6.70. The van der Waals surface area contributed by atoms with Crippen molar-refractivity contribution < 1.29 is 19.1 Å². The molecule has 0 bridgehead atoms. The Balaban J connectivity index is 2.59. The number of methoxy groups -OCH3 is 1. The molecule has 2 aromatic rings. The SMILES string of the molecule is COc1nc2cc(C(=O)O)ccc2o1. The normalized spacial score (nSPS) is 10.4. The number of oxazole rings is 1. The number of hydrogen-bond donors (Lipinski definition) is 1. The van der Waals surface area contributed by atoms with Gasteiger partial charge < -0.3 is 14.3 Å². The highest BCUT2D eigenvalue weighted by Crippen LogP contribution is 2.21. The van der Waals surface area contributed by atoms with Crippen LogP contribution in [0.3, 0.4) is 0 Å². The molecule has 72 valence electrons. The number of fused-ring (bicyclic) bond motifs is 1. The van der Waals surface area contributed by atoms with Gasteiger partial charge in [-0.3, -0.25) is 0 Å². The summed E-state index contributed by atoms with van der Waals surface area (Å²) in [4.78, 5) is 14.6. The van der Waals surface area contributed by atoms with E-state index >= 15 is 0 Å². The molecule has 0 saturated heterocycles. The number of carbonyl (C=O) groups is 1. The number of hydrogen-bond acceptors (Lipinski definition) is 4. The van der Waals surface area contributed by atoms with Crippen molar-refractivity contribution in [3.8, 4) is 6.08 Å². The Hall–Kier alpha value is -2.04. The molecule has 0 aliphatic carbocycles. The summed E-state index contributed by atoms with van der Waals surface area (Å²) >= 11 is 0. The number of rotatable bonds is 2. The Morgan fingerprint density at radius 1 is 1.57 bits per heavy atom. The van der Waals surface area contributed by atoms with Gasteiger partial charge in [-0.25, -0.2) is 4.79 Å². The van der Waals surface area contributed by atoms with Gasteiger partial charge in [-0.2, -0.15) is 4.98 Å². The summed E-state index contributed by atoms with van der Waals surface area (Å²) in [6, 6.07) is 4.44. The first-order valence-corrected chi connectivity index (χ1v) is 3.88. The van der Waals surface area contributed by atoms with Gasteiger partial charge in [0.1, 0.15) is 5.52 Å². The van der Waals surface area contributed by atoms with E-state index in [1.165, 1.54) is 19.2 Å². The van der Waals surface area contributed by atoms with Gasteiger partial charge in [-0.1, -0.05) is 0 Å². The van der Waals surface area contributed by atoms with Crippen LogP contribution in [-0.4, -0.2) is 23.2 Å². The number of carboxylic acids is 1. The van der Waals surface area contributed by atoms with E-state index in [0.29, 0.717) is 11.1 Å². The molecule has 0 radical (unpaired) electrons. The minimum Gasteiger partial charge on any atom is -0.478 e. The summed E-state index contributed by atoms with van der Waals surface area (Å²) in [6.45, 7) is 0. The monoisotopic (exact) mass is 193 g/mol. The van der Waals surface area contributed by atoms with Gasteiger partial charge in [0.15, 0.2) is 5.58 Å². The summed E-state index contributed by atoms with van der Waals surface area (Å²) in [7, 11) is 1.43. The second kappa shape index (κ2) is 3.02. The fourth-order valence-corrected chi connectivity index (χ4v) is 1.13. The largest absolute Gasteiger partial charge is 0.478 e. The first-order valence-electron chi connectivity index (χ1n) is 3.88. The first kappa shape index (κ1) is 8.55. The summed E-state index contributed by atoms with van der Waals surface area (Å²) in [5.74, 6) is -0.992. The minimum absolute atomic E-state index is 0.127. The summed E-state index contributed by atoms with van der Waals surface area (Å²) < 4.78 is 9.90. The van der Waals surface area contributed by atoms with Crippen molar-refractivity contribution in [1.29, 1.82) is 0 Å². The zero-order chi connectivity index (χ0) is 10.1. The van der Waals surface area contributed by atoms with E-state index in [1.54, 1.807) is 6.07 Å². The second-order valence-electron chi connectivity index (χ2n) is 2.67. The molecule has 0 unspecified atom stereocenters. The molecule has 0 spiro atoms. The van der Waals surface area contributed by atoms with E-state index in [1.807, 2.05) is 0 Å². The van der Waals surface area contributed by atoms with Gasteiger partial charge in [0.25, 0.3) is 0 Å². The van der Waals surface area contributed by atoms with Crippen LogP contribution in [0.2, 0.25) is 0 Å². The molecule has 0 fully saturated rings. The number of aromatic carboxylic acids is 1. The third kappa shape index (κ3) is 1.28. The van der Waals surface area contributed by atoms with E-state index in [2.05, 4.69) is 4.98 Å². The van der Waals surface area contributed by atoms with Crippen LogP contribution in [0.5, 0.6) is 6.08 Å². The van der Waals surface area contributed by atoms with E-state index in [9.17, 15) is 4.79 Å². The Morgan fingerprint density at radius 2 is 2.36 bits per heavy atom. The highest BCUT2D eigenvalue weighted by Gasteiger charge is 2.09. The molecule has 1 N–H and O–H groups in total. The highest BCUT2D eigenvalue weighted by atomic mass is 16.6. The number of aromatic nitrogens is 1. The van der Waals surface area contributed by atoms with Crippen molar-refractivity contribution in [1.82, 2.24) is 4.98 Å². The van der Waals surface area contributed by atoms with Crippen molar-refractivity contribution in [2.75, 3.05) is 7.11 Å². The average Bonchev–Trinajstić information content (AvgIpc) is 2.58. The van der Waals surface area contributed by atoms with E-state index in [0.717, 1.165) is 0 Å². The lowest BCUT2D eigenvalue weighted by Gasteiger charge is -1.90. The highest BCUT2D eigenvalue weighted by molar-refractivity contribution is 5.91. The van der Waals surface area contributed by atoms with E-state index < -0.39 is 5.97 Å². The van der Waals surface area contributed by atoms with Crippen molar-refractivity contribution in [3.63, 3.8) is 0 Å². The minimum atomic E-state index is -0.992. The molecule has 14 heavy (non-hydrogen) atoms. The molecule has 1 aromatic heterocycles. The maximum Gasteiger partial charge on any atom is 0.394 e. The Labute approximate surface area is 78.9 Å². The standard InChI is InChI=1S/C9H7NO4/c1-13-9-10-6-4-5(8(11)12)2-3-7(6)14-9/h2-4H,1H3,(H,11,12). The maximum atomic E-state index is 10.6. The van der Waals surface area contributed by atoms with Crippen molar-refractivity contribution >= 4 is 17.1 Å². The molecule has 1 aromatic carbocycles. The quantitative estimate of drug-likeness (QED) is 0.782. The number of carboxylic acid groups (broad SMARTS) is 1.